The van der Waals surface area contributed by atoms with Gasteiger partial charge < -0.3 is 14.5 Å². The normalized spacial score (nSPS) is 10.7. The molecule has 0 bridgehead atoms. The van der Waals surface area contributed by atoms with Crippen LogP contribution in [-0.2, 0) is 9.53 Å². The molecule has 0 radical (unpaired) electrons. The van der Waals surface area contributed by atoms with Crippen molar-refractivity contribution in [2.24, 2.45) is 0 Å². The minimum atomic E-state index is -0.848. The van der Waals surface area contributed by atoms with Crippen molar-refractivity contribution in [1.29, 1.82) is 0 Å². The summed E-state index contributed by atoms with van der Waals surface area (Å²) in [6.45, 7) is 1.92. The highest BCUT2D eigenvalue weighted by Gasteiger charge is 2.15. The number of ether oxygens (including phenoxy) is 1. The maximum absolute atomic E-state index is 12.2. The van der Waals surface area contributed by atoms with Crippen LogP contribution in [0.3, 0.4) is 0 Å². The molecule has 1 aromatic heterocycles. The van der Waals surface area contributed by atoms with Gasteiger partial charge in [0.15, 0.2) is 12.0 Å². The van der Waals surface area contributed by atoms with Crippen LogP contribution < -0.4 is 10.7 Å². The number of hydrogen-bond donors (Lipinski definition) is 1. The van der Waals surface area contributed by atoms with Crippen molar-refractivity contribution in [1.82, 2.24) is 5.32 Å². The molecule has 29 heavy (non-hydrogen) atoms. The van der Waals surface area contributed by atoms with Gasteiger partial charge in [0.25, 0.3) is 5.91 Å². The molecule has 0 unspecified atom stereocenters. The fourth-order valence-corrected chi connectivity index (χ4v) is 3.50. The number of hydrogen-bond acceptors (Lipinski definition) is 6. The van der Waals surface area contributed by atoms with Gasteiger partial charge in [0.2, 0.25) is 5.76 Å². The molecular formula is C22H21NO5S. The van der Waals surface area contributed by atoms with Crippen LogP contribution in [0.1, 0.15) is 22.5 Å². The molecule has 150 valence electrons. The van der Waals surface area contributed by atoms with Gasteiger partial charge in [-0.05, 0) is 43.4 Å². The van der Waals surface area contributed by atoms with E-state index in [1.165, 1.54) is 4.90 Å². The first-order valence-electron chi connectivity index (χ1n) is 9.19. The number of carbonyl (C=O) groups is 2. The summed E-state index contributed by atoms with van der Waals surface area (Å²) in [4.78, 5) is 37.3. The number of aryl methyl sites for hydroxylation is 1. The van der Waals surface area contributed by atoms with Crippen molar-refractivity contribution in [2.75, 3.05) is 18.9 Å². The van der Waals surface area contributed by atoms with E-state index in [4.69, 9.17) is 9.15 Å². The van der Waals surface area contributed by atoms with Crippen LogP contribution >= 0.6 is 11.8 Å². The Labute approximate surface area is 172 Å². The van der Waals surface area contributed by atoms with Gasteiger partial charge in [0.05, 0.1) is 5.39 Å². The molecule has 1 heterocycles. The Kier molecular flexibility index (Phi) is 7.08. The van der Waals surface area contributed by atoms with Gasteiger partial charge in [-0.1, -0.05) is 29.8 Å². The predicted molar refractivity (Wildman–Crippen MR) is 112 cm³/mol. The summed E-state index contributed by atoms with van der Waals surface area (Å²) in [5, 5.41) is 3.10. The van der Waals surface area contributed by atoms with Crippen LogP contribution in [-0.4, -0.2) is 30.8 Å². The Morgan fingerprint density at radius 2 is 1.90 bits per heavy atom. The molecule has 0 saturated carbocycles. The number of fused-ring (bicyclic) bond motifs is 1. The average molecular weight is 411 g/mol. The number of rotatable bonds is 8. The number of nitrogens with one attached hydrogen (secondary N) is 1. The van der Waals surface area contributed by atoms with Crippen molar-refractivity contribution in [3.8, 4) is 0 Å². The summed E-state index contributed by atoms with van der Waals surface area (Å²) in [6, 6.07) is 16.2. The summed E-state index contributed by atoms with van der Waals surface area (Å²) in [5.41, 5.74) is 0.886. The Hall–Kier alpha value is -3.06. The highest BCUT2D eigenvalue weighted by Crippen LogP contribution is 2.17. The number of amides is 1. The van der Waals surface area contributed by atoms with Gasteiger partial charge in [-0.3, -0.25) is 9.59 Å². The van der Waals surface area contributed by atoms with E-state index in [1.54, 1.807) is 30.0 Å². The molecule has 0 fully saturated rings. The molecule has 3 aromatic rings. The third-order valence-corrected chi connectivity index (χ3v) is 5.17. The summed E-state index contributed by atoms with van der Waals surface area (Å²) in [5.74, 6) is -0.606. The van der Waals surface area contributed by atoms with E-state index in [-0.39, 0.29) is 11.2 Å². The van der Waals surface area contributed by atoms with Crippen LogP contribution in [0.15, 0.2) is 68.7 Å². The third kappa shape index (κ3) is 5.96. The molecule has 6 nitrogen and oxygen atoms in total. The highest BCUT2D eigenvalue weighted by atomic mass is 32.2. The van der Waals surface area contributed by atoms with Crippen molar-refractivity contribution < 1.29 is 18.7 Å². The monoisotopic (exact) mass is 411 g/mol. The van der Waals surface area contributed by atoms with Crippen LogP contribution in [0.4, 0.5) is 0 Å². The topological polar surface area (TPSA) is 85.6 Å². The summed E-state index contributed by atoms with van der Waals surface area (Å²) < 4.78 is 10.4. The van der Waals surface area contributed by atoms with Crippen LogP contribution in [0.25, 0.3) is 11.0 Å². The number of esters is 1. The first-order chi connectivity index (χ1) is 14.0. The van der Waals surface area contributed by atoms with Crippen LogP contribution in [0, 0.1) is 6.92 Å². The minimum absolute atomic E-state index is 0.224. The van der Waals surface area contributed by atoms with Crippen molar-refractivity contribution in [2.45, 2.75) is 18.2 Å². The summed E-state index contributed by atoms with van der Waals surface area (Å²) in [7, 11) is 0. The Bertz CT molecular complexity index is 1060. The lowest BCUT2D eigenvalue weighted by atomic mass is 10.1. The predicted octanol–water partition coefficient (Wildman–Crippen LogP) is 3.56. The van der Waals surface area contributed by atoms with E-state index in [1.807, 2.05) is 37.3 Å². The Morgan fingerprint density at radius 1 is 1.10 bits per heavy atom. The maximum atomic E-state index is 12.2. The van der Waals surface area contributed by atoms with E-state index in [0.29, 0.717) is 17.5 Å². The lowest BCUT2D eigenvalue weighted by molar-refractivity contribution is -0.124. The molecule has 7 heteroatoms. The zero-order valence-electron chi connectivity index (χ0n) is 16.0. The summed E-state index contributed by atoms with van der Waals surface area (Å²) in [6.07, 6.45) is 0.790. The molecule has 0 aliphatic carbocycles. The third-order valence-electron chi connectivity index (χ3n) is 4.07. The smallest absolute Gasteiger partial charge is 0.374 e. The van der Waals surface area contributed by atoms with Gasteiger partial charge in [-0.15, -0.1) is 11.8 Å². The van der Waals surface area contributed by atoms with Gasteiger partial charge in [0.1, 0.15) is 5.58 Å². The molecule has 1 N–H and O–H groups in total. The molecule has 0 spiro atoms. The molecule has 2 aromatic carbocycles. The van der Waals surface area contributed by atoms with E-state index < -0.39 is 18.5 Å². The van der Waals surface area contributed by atoms with Gasteiger partial charge in [-0.25, -0.2) is 4.79 Å². The second-order valence-electron chi connectivity index (χ2n) is 6.42. The zero-order valence-corrected chi connectivity index (χ0v) is 16.8. The van der Waals surface area contributed by atoms with Crippen molar-refractivity contribution in [3.05, 3.63) is 76.1 Å². The van der Waals surface area contributed by atoms with Crippen LogP contribution in [0.2, 0.25) is 0 Å². The largest absolute Gasteiger partial charge is 0.450 e. The molecular weight excluding hydrogens is 390 g/mol. The minimum Gasteiger partial charge on any atom is -0.450 e. The number of thioether (sulfide) groups is 1. The van der Waals surface area contributed by atoms with Gasteiger partial charge >= 0.3 is 5.97 Å². The highest BCUT2D eigenvalue weighted by molar-refractivity contribution is 7.99. The number of benzene rings is 2. The fraction of sp³-hybridized carbons (Fsp3) is 0.227. The van der Waals surface area contributed by atoms with Gasteiger partial charge in [-0.2, -0.15) is 0 Å². The maximum Gasteiger partial charge on any atom is 0.374 e. The quantitative estimate of drug-likeness (QED) is 0.347. The lowest BCUT2D eigenvalue weighted by Crippen LogP contribution is -2.30. The Morgan fingerprint density at radius 3 is 2.69 bits per heavy atom. The van der Waals surface area contributed by atoms with E-state index in [0.717, 1.165) is 23.8 Å². The van der Waals surface area contributed by atoms with Gasteiger partial charge in [0, 0.05) is 17.5 Å². The first-order valence-corrected chi connectivity index (χ1v) is 10.2. The Balaban J connectivity index is 1.43. The zero-order chi connectivity index (χ0) is 20.6. The van der Waals surface area contributed by atoms with Crippen molar-refractivity contribution in [3.63, 3.8) is 0 Å². The fourth-order valence-electron chi connectivity index (χ4n) is 2.63. The molecule has 0 aliphatic rings. The molecule has 0 atom stereocenters. The SMILES string of the molecule is Cc1ccc2oc(C(=O)OCC(=O)NCCCSc3ccccc3)cc(=O)c2c1. The molecule has 3 rings (SSSR count). The standard InChI is InChI=1S/C22H21NO5S/c1-15-8-9-19-17(12-15)18(24)13-20(28-19)22(26)27-14-21(25)23-10-5-11-29-16-6-3-2-4-7-16/h2-4,6-9,12-13H,5,10-11,14H2,1H3,(H,23,25). The lowest BCUT2D eigenvalue weighted by Gasteiger charge is -2.07. The summed E-state index contributed by atoms with van der Waals surface area (Å²) >= 11 is 1.71. The second-order valence-corrected chi connectivity index (χ2v) is 7.58. The van der Waals surface area contributed by atoms with E-state index in [9.17, 15) is 14.4 Å². The average Bonchev–Trinajstić information content (AvgIpc) is 2.73. The van der Waals surface area contributed by atoms with E-state index in [2.05, 4.69) is 5.32 Å². The molecule has 0 saturated heterocycles. The van der Waals surface area contributed by atoms with E-state index >= 15 is 0 Å². The van der Waals surface area contributed by atoms with Crippen molar-refractivity contribution >= 4 is 34.6 Å². The molecule has 0 aliphatic heterocycles. The second kappa shape index (κ2) is 9.93. The first kappa shape index (κ1) is 20.7. The molecule has 1 amide bonds. The van der Waals surface area contributed by atoms with Crippen LogP contribution in [0.5, 0.6) is 0 Å². The number of carbonyl (C=O) groups excluding carboxylic acids is 2.